The van der Waals surface area contributed by atoms with Gasteiger partial charge < -0.3 is 10.6 Å². The molecule has 2 aromatic heterocycles. The molecule has 164 valence electrons. The summed E-state index contributed by atoms with van der Waals surface area (Å²) < 4.78 is 2.72. The van der Waals surface area contributed by atoms with Crippen molar-refractivity contribution in [2.45, 2.75) is 34.2 Å². The molecular weight excluding hydrogens is 400 g/mol. The summed E-state index contributed by atoms with van der Waals surface area (Å²) in [6.45, 7) is 8.25. The molecule has 11 heteroatoms. The second kappa shape index (κ2) is 8.94. The van der Waals surface area contributed by atoms with E-state index in [2.05, 4.69) is 20.5 Å². The summed E-state index contributed by atoms with van der Waals surface area (Å²) in [6, 6.07) is 6.72. The molecule has 0 aliphatic heterocycles. The smallest absolute Gasteiger partial charge is 0.330 e. The van der Waals surface area contributed by atoms with Crippen LogP contribution in [0.4, 0.5) is 11.5 Å². The lowest BCUT2D eigenvalue weighted by Crippen LogP contribution is -2.43. The molecule has 0 atom stereocenters. The van der Waals surface area contributed by atoms with E-state index in [0.717, 1.165) is 0 Å². The number of aromatic nitrogens is 6. The molecule has 3 aromatic rings. The molecule has 0 saturated heterocycles. The molecule has 0 aliphatic rings. The molecule has 0 spiro atoms. The van der Waals surface area contributed by atoms with Crippen LogP contribution in [0.5, 0.6) is 0 Å². The van der Waals surface area contributed by atoms with Crippen LogP contribution < -0.4 is 21.9 Å². The third-order valence-corrected chi connectivity index (χ3v) is 4.53. The number of nitrogens with two attached hydrogens (primary N) is 1. The fourth-order valence-electron chi connectivity index (χ4n) is 3.24. The average Bonchev–Trinajstić information content (AvgIpc) is 3.24. The molecule has 1 amide bonds. The predicted molar refractivity (Wildman–Crippen MR) is 116 cm³/mol. The normalized spacial score (nSPS) is 11.3. The highest BCUT2D eigenvalue weighted by Gasteiger charge is 2.26. The van der Waals surface area contributed by atoms with Gasteiger partial charge in [-0.25, -0.2) is 9.48 Å². The summed E-state index contributed by atoms with van der Waals surface area (Å²) in [5, 5.41) is 11.0. The van der Waals surface area contributed by atoms with Gasteiger partial charge in [-0.1, -0.05) is 33.8 Å². The number of tetrazole rings is 1. The summed E-state index contributed by atoms with van der Waals surface area (Å²) in [5.41, 5.74) is 5.83. The third-order valence-electron chi connectivity index (χ3n) is 4.53. The van der Waals surface area contributed by atoms with Gasteiger partial charge in [0.1, 0.15) is 12.1 Å². The van der Waals surface area contributed by atoms with E-state index in [-0.39, 0.29) is 29.9 Å². The number of hydrogen-bond donors (Lipinski definition) is 2. The molecule has 0 aliphatic carbocycles. The molecule has 3 rings (SSSR count). The summed E-state index contributed by atoms with van der Waals surface area (Å²) in [6.07, 6.45) is 1.42. The number of nitrogens with one attached hydrogen (secondary N) is 1. The number of carbonyl (C=O) groups excluding carboxylic acids is 1. The van der Waals surface area contributed by atoms with Crippen molar-refractivity contribution in [3.63, 3.8) is 0 Å². The first-order valence-electron chi connectivity index (χ1n) is 9.97. The Balaban J connectivity index is 2.12. The van der Waals surface area contributed by atoms with Crippen molar-refractivity contribution in [3.8, 4) is 5.69 Å². The summed E-state index contributed by atoms with van der Waals surface area (Å²) in [7, 11) is 0. The lowest BCUT2D eigenvalue weighted by atomic mass is 10.1. The van der Waals surface area contributed by atoms with Crippen LogP contribution in [0.3, 0.4) is 0 Å². The van der Waals surface area contributed by atoms with Crippen LogP contribution >= 0.6 is 0 Å². The number of nitrogens with zero attached hydrogens (tertiary/aromatic N) is 6. The molecule has 11 nitrogen and oxygen atoms in total. The molecule has 0 radical (unpaired) electrons. The van der Waals surface area contributed by atoms with Crippen LogP contribution in [0.15, 0.2) is 40.2 Å². The monoisotopic (exact) mass is 426 g/mol. The minimum Gasteiger partial charge on any atom is -0.383 e. The van der Waals surface area contributed by atoms with Crippen LogP contribution in [-0.2, 0) is 6.54 Å². The summed E-state index contributed by atoms with van der Waals surface area (Å²) in [4.78, 5) is 42.2. The maximum Gasteiger partial charge on any atom is 0.330 e. The van der Waals surface area contributed by atoms with E-state index in [0.29, 0.717) is 17.8 Å². The number of hydrogen-bond acceptors (Lipinski definition) is 7. The van der Waals surface area contributed by atoms with Crippen molar-refractivity contribution in [3.05, 3.63) is 57.0 Å². The Morgan fingerprint density at radius 2 is 1.94 bits per heavy atom. The number of rotatable bonds is 7. The Morgan fingerprint density at radius 1 is 1.19 bits per heavy atom. The Kier molecular flexibility index (Phi) is 6.33. The Labute approximate surface area is 178 Å². The van der Waals surface area contributed by atoms with Crippen LogP contribution in [0.2, 0.25) is 0 Å². The van der Waals surface area contributed by atoms with Gasteiger partial charge in [0.15, 0.2) is 5.69 Å². The molecule has 0 fully saturated rings. The van der Waals surface area contributed by atoms with Crippen molar-refractivity contribution >= 4 is 17.4 Å². The Bertz CT molecular complexity index is 1180. The first kappa shape index (κ1) is 21.9. The molecule has 0 unspecified atom stereocenters. The summed E-state index contributed by atoms with van der Waals surface area (Å²) in [5.74, 6) is -0.305. The molecule has 1 aromatic carbocycles. The second-order valence-electron chi connectivity index (χ2n) is 8.11. The Morgan fingerprint density at radius 3 is 2.55 bits per heavy atom. The van der Waals surface area contributed by atoms with E-state index in [9.17, 15) is 14.4 Å². The number of benzene rings is 1. The maximum absolute atomic E-state index is 13.5. The SMILES string of the molecule is CC(C)CN(C(=O)c1cccc(-n2cnnn2)c1)c1c(N)n(CC(C)C)c(=O)[nH]c1=O. The number of amides is 1. The van der Waals surface area contributed by atoms with Gasteiger partial charge in [0.25, 0.3) is 11.5 Å². The van der Waals surface area contributed by atoms with Gasteiger partial charge in [-0.2, -0.15) is 0 Å². The van der Waals surface area contributed by atoms with E-state index in [4.69, 9.17) is 5.73 Å². The average molecular weight is 426 g/mol. The van der Waals surface area contributed by atoms with Crippen molar-refractivity contribution in [2.24, 2.45) is 11.8 Å². The van der Waals surface area contributed by atoms with E-state index in [1.807, 2.05) is 27.7 Å². The first-order valence-corrected chi connectivity index (χ1v) is 9.97. The maximum atomic E-state index is 13.5. The fourth-order valence-corrected chi connectivity index (χ4v) is 3.24. The van der Waals surface area contributed by atoms with Crippen LogP contribution in [0, 0.1) is 11.8 Å². The zero-order chi connectivity index (χ0) is 22.7. The minimum atomic E-state index is -0.701. The standard InChI is InChI=1S/C20H26N8O3/c1-12(2)9-26(16-17(21)27(10-13(3)4)20(31)23-18(16)29)19(30)14-6-5-7-15(8-14)28-11-22-24-25-28/h5-8,11-13H,9-10,21H2,1-4H3,(H,23,29,31). The number of H-pyrrole nitrogens is 1. The number of nitrogen functional groups attached to an aromatic ring is 1. The van der Waals surface area contributed by atoms with Gasteiger partial charge in [-0.3, -0.25) is 19.1 Å². The molecule has 0 bridgehead atoms. The minimum absolute atomic E-state index is 0.0342. The van der Waals surface area contributed by atoms with Gasteiger partial charge in [-0.05, 0) is 40.5 Å². The largest absolute Gasteiger partial charge is 0.383 e. The highest BCUT2D eigenvalue weighted by atomic mass is 16.2. The highest BCUT2D eigenvalue weighted by Crippen LogP contribution is 2.22. The van der Waals surface area contributed by atoms with Crippen LogP contribution in [0.1, 0.15) is 38.1 Å². The van der Waals surface area contributed by atoms with Gasteiger partial charge in [0, 0.05) is 18.7 Å². The Hall–Kier alpha value is -3.76. The number of carbonyl (C=O) groups is 1. The lowest BCUT2D eigenvalue weighted by molar-refractivity contribution is 0.0983. The number of anilines is 2. The van der Waals surface area contributed by atoms with Crippen LogP contribution in [0.25, 0.3) is 5.69 Å². The zero-order valence-corrected chi connectivity index (χ0v) is 17.9. The van der Waals surface area contributed by atoms with E-state index < -0.39 is 17.2 Å². The third kappa shape index (κ3) is 4.71. The van der Waals surface area contributed by atoms with Crippen molar-refractivity contribution in [1.29, 1.82) is 0 Å². The molecule has 3 N–H and O–H groups in total. The van der Waals surface area contributed by atoms with Gasteiger partial charge in [-0.15, -0.1) is 5.10 Å². The highest BCUT2D eigenvalue weighted by molar-refractivity contribution is 6.07. The van der Waals surface area contributed by atoms with Gasteiger partial charge >= 0.3 is 5.69 Å². The van der Waals surface area contributed by atoms with Crippen molar-refractivity contribution in [2.75, 3.05) is 17.2 Å². The van der Waals surface area contributed by atoms with Crippen molar-refractivity contribution < 1.29 is 4.79 Å². The molecule has 2 heterocycles. The topological polar surface area (TPSA) is 145 Å². The summed E-state index contributed by atoms with van der Waals surface area (Å²) >= 11 is 0. The molecule has 31 heavy (non-hydrogen) atoms. The van der Waals surface area contributed by atoms with E-state index >= 15 is 0 Å². The fraction of sp³-hybridized carbons (Fsp3) is 0.400. The number of aromatic amines is 1. The second-order valence-corrected chi connectivity index (χ2v) is 8.11. The first-order chi connectivity index (χ1) is 14.7. The lowest BCUT2D eigenvalue weighted by Gasteiger charge is -2.26. The molecular formula is C20H26N8O3. The van der Waals surface area contributed by atoms with Crippen LogP contribution in [-0.4, -0.2) is 42.2 Å². The van der Waals surface area contributed by atoms with Gasteiger partial charge in [0.05, 0.1) is 5.69 Å². The molecule has 0 saturated carbocycles. The van der Waals surface area contributed by atoms with Crippen molar-refractivity contribution in [1.82, 2.24) is 29.8 Å². The van der Waals surface area contributed by atoms with E-state index in [1.54, 1.807) is 24.3 Å². The van der Waals surface area contributed by atoms with E-state index in [1.165, 1.54) is 20.5 Å². The quantitative estimate of drug-likeness (QED) is 0.574. The van der Waals surface area contributed by atoms with Gasteiger partial charge in [0.2, 0.25) is 0 Å². The zero-order valence-electron chi connectivity index (χ0n) is 17.9. The predicted octanol–water partition coefficient (Wildman–Crippen LogP) is 1.05.